The van der Waals surface area contributed by atoms with E-state index in [1.54, 1.807) is 10.9 Å². The molecule has 0 unspecified atom stereocenters. The zero-order valence-electron chi connectivity index (χ0n) is 17.3. The molecule has 0 atom stereocenters. The van der Waals surface area contributed by atoms with Crippen molar-refractivity contribution in [2.75, 3.05) is 6.61 Å². The molecular formula is C23H24N6OS. The zero-order valence-corrected chi connectivity index (χ0v) is 18.1. The van der Waals surface area contributed by atoms with Crippen molar-refractivity contribution in [1.82, 2.24) is 25.1 Å². The Kier molecular flexibility index (Phi) is 6.68. The molecule has 0 aliphatic heterocycles. The predicted octanol–water partition coefficient (Wildman–Crippen LogP) is 5.45. The minimum Gasteiger partial charge on any atom is -0.494 e. The largest absolute Gasteiger partial charge is 0.494 e. The van der Waals surface area contributed by atoms with Crippen molar-refractivity contribution < 1.29 is 4.74 Å². The number of ether oxygens (including phenoxy) is 1. The van der Waals surface area contributed by atoms with Gasteiger partial charge in [0.1, 0.15) is 11.4 Å². The van der Waals surface area contributed by atoms with Gasteiger partial charge in [-0.15, -0.1) is 0 Å². The first-order chi connectivity index (χ1) is 15.2. The van der Waals surface area contributed by atoms with E-state index in [1.807, 2.05) is 60.7 Å². The van der Waals surface area contributed by atoms with Gasteiger partial charge < -0.3 is 4.74 Å². The van der Waals surface area contributed by atoms with Crippen molar-refractivity contribution in [2.45, 2.75) is 26.2 Å². The lowest BCUT2D eigenvalue weighted by molar-refractivity contribution is 0.306. The number of H-pyrrole nitrogens is 2. The summed E-state index contributed by atoms with van der Waals surface area (Å²) >= 11 is 5.36. The number of nitrogens with zero attached hydrogens (tertiary/aromatic N) is 4. The molecule has 8 heteroatoms. The van der Waals surface area contributed by atoms with Crippen LogP contribution < -0.4 is 4.74 Å². The van der Waals surface area contributed by atoms with Crippen LogP contribution in [0.4, 0.5) is 0 Å². The summed E-state index contributed by atoms with van der Waals surface area (Å²) in [6.07, 6.45) is 5.18. The first-order valence-corrected chi connectivity index (χ1v) is 10.7. The molecular weight excluding hydrogens is 408 g/mol. The van der Waals surface area contributed by atoms with Gasteiger partial charge in [-0.2, -0.15) is 20.0 Å². The van der Waals surface area contributed by atoms with Gasteiger partial charge in [0.15, 0.2) is 0 Å². The molecule has 2 N–H and O–H groups in total. The number of rotatable bonds is 9. The fourth-order valence-corrected chi connectivity index (χ4v) is 3.26. The topological polar surface area (TPSA) is 83.9 Å². The molecule has 31 heavy (non-hydrogen) atoms. The highest BCUT2D eigenvalue weighted by atomic mass is 32.1. The maximum Gasteiger partial charge on any atom is 0.216 e. The Bertz CT molecular complexity index is 1190. The summed E-state index contributed by atoms with van der Waals surface area (Å²) in [4.78, 5) is 0. The van der Waals surface area contributed by atoms with Crippen LogP contribution in [0.1, 0.15) is 31.7 Å². The van der Waals surface area contributed by atoms with Gasteiger partial charge in [0, 0.05) is 5.56 Å². The maximum atomic E-state index is 5.76. The van der Waals surface area contributed by atoms with E-state index < -0.39 is 0 Å². The van der Waals surface area contributed by atoms with Crippen molar-refractivity contribution in [3.05, 3.63) is 71.0 Å². The minimum absolute atomic E-state index is 0.401. The Morgan fingerprint density at radius 1 is 1.03 bits per heavy atom. The van der Waals surface area contributed by atoms with Crippen molar-refractivity contribution in [1.29, 1.82) is 0 Å². The lowest BCUT2D eigenvalue weighted by atomic mass is 10.1. The van der Waals surface area contributed by atoms with E-state index in [1.165, 1.54) is 12.8 Å². The average molecular weight is 433 g/mol. The van der Waals surface area contributed by atoms with E-state index in [-0.39, 0.29) is 0 Å². The number of nitrogens with one attached hydrogen (secondary N) is 2. The van der Waals surface area contributed by atoms with Gasteiger partial charge in [0.2, 0.25) is 10.6 Å². The van der Waals surface area contributed by atoms with E-state index >= 15 is 0 Å². The summed E-state index contributed by atoms with van der Waals surface area (Å²) in [5.74, 6) is 1.42. The smallest absolute Gasteiger partial charge is 0.216 e. The Morgan fingerprint density at radius 3 is 2.61 bits per heavy atom. The molecule has 0 spiro atoms. The van der Waals surface area contributed by atoms with Gasteiger partial charge in [-0.3, -0.25) is 5.10 Å². The highest BCUT2D eigenvalue weighted by Gasteiger charge is 2.12. The number of hydrogen-bond donors (Lipinski definition) is 2. The Balaban J connectivity index is 1.49. The molecule has 4 aromatic rings. The standard InChI is InChI=1S/C23H24N6OS/c1-2-3-7-14-30-19-12-10-17(11-13-19)16-24-29-22(27-28-23(29)31)21-15-20(25-26-21)18-8-5-4-6-9-18/h4-6,8-13,15-16H,2-3,7,14H2,1H3,(H,25,26)(H,28,31). The summed E-state index contributed by atoms with van der Waals surface area (Å²) in [5, 5.41) is 19.0. The molecule has 0 aliphatic rings. The molecule has 158 valence electrons. The van der Waals surface area contributed by atoms with Crippen LogP contribution in [0.5, 0.6) is 5.75 Å². The molecule has 0 saturated carbocycles. The summed E-state index contributed by atoms with van der Waals surface area (Å²) in [7, 11) is 0. The number of aromatic amines is 2. The van der Waals surface area contributed by atoms with Crippen LogP contribution in [-0.2, 0) is 0 Å². The van der Waals surface area contributed by atoms with Crippen LogP contribution in [-0.4, -0.2) is 37.9 Å². The molecule has 2 heterocycles. The molecule has 0 saturated heterocycles. The first-order valence-electron chi connectivity index (χ1n) is 10.3. The van der Waals surface area contributed by atoms with Gasteiger partial charge in [-0.05, 0) is 54.5 Å². The number of hydrogen-bond acceptors (Lipinski definition) is 5. The summed E-state index contributed by atoms with van der Waals surface area (Å²) in [6, 6.07) is 19.7. The lowest BCUT2D eigenvalue weighted by Gasteiger charge is -2.05. The van der Waals surface area contributed by atoms with Gasteiger partial charge in [0.05, 0.1) is 18.5 Å². The van der Waals surface area contributed by atoms with E-state index in [4.69, 9.17) is 17.0 Å². The van der Waals surface area contributed by atoms with Gasteiger partial charge in [-0.25, -0.2) is 5.10 Å². The molecule has 0 amide bonds. The summed E-state index contributed by atoms with van der Waals surface area (Å²) in [6.45, 7) is 2.92. The quantitative estimate of drug-likeness (QED) is 0.209. The highest BCUT2D eigenvalue weighted by molar-refractivity contribution is 7.71. The van der Waals surface area contributed by atoms with E-state index in [9.17, 15) is 0 Å². The SMILES string of the molecule is CCCCCOc1ccc(C=Nn2c(-c3cc(-c4ccccc4)n[nH]3)n[nH]c2=S)cc1. The van der Waals surface area contributed by atoms with Crippen LogP contribution in [0.2, 0.25) is 0 Å². The number of aromatic nitrogens is 5. The van der Waals surface area contributed by atoms with E-state index in [0.717, 1.165) is 41.3 Å². The predicted molar refractivity (Wildman–Crippen MR) is 125 cm³/mol. The second kappa shape index (κ2) is 9.99. The fraction of sp³-hybridized carbons (Fsp3) is 0.217. The monoisotopic (exact) mass is 432 g/mol. The van der Waals surface area contributed by atoms with Crippen LogP contribution in [0.25, 0.3) is 22.8 Å². The van der Waals surface area contributed by atoms with Gasteiger partial charge in [-0.1, -0.05) is 50.1 Å². The second-order valence-corrected chi connectivity index (χ2v) is 7.45. The third kappa shape index (κ3) is 5.16. The maximum absolute atomic E-state index is 5.76. The molecule has 4 rings (SSSR count). The van der Waals surface area contributed by atoms with Crippen LogP contribution in [0, 0.1) is 4.77 Å². The third-order valence-electron chi connectivity index (χ3n) is 4.76. The molecule has 2 aromatic carbocycles. The van der Waals surface area contributed by atoms with E-state index in [0.29, 0.717) is 10.6 Å². The first kappa shape index (κ1) is 20.7. The Labute approximate surface area is 185 Å². The van der Waals surface area contributed by atoms with Gasteiger partial charge >= 0.3 is 0 Å². The summed E-state index contributed by atoms with van der Waals surface area (Å²) < 4.78 is 7.73. The molecule has 0 bridgehead atoms. The van der Waals surface area contributed by atoms with Crippen molar-refractivity contribution in [3.8, 4) is 28.5 Å². The molecule has 0 fully saturated rings. The van der Waals surface area contributed by atoms with Crippen LogP contribution in [0.15, 0.2) is 65.8 Å². The number of unbranched alkanes of at least 4 members (excludes halogenated alkanes) is 2. The Morgan fingerprint density at radius 2 is 1.84 bits per heavy atom. The van der Waals surface area contributed by atoms with Crippen molar-refractivity contribution >= 4 is 18.4 Å². The number of benzene rings is 2. The Hall–Kier alpha value is -3.52. The normalized spacial score (nSPS) is 11.3. The minimum atomic E-state index is 0.401. The van der Waals surface area contributed by atoms with Crippen LogP contribution >= 0.6 is 12.2 Å². The van der Waals surface area contributed by atoms with Crippen molar-refractivity contribution in [3.63, 3.8) is 0 Å². The molecule has 7 nitrogen and oxygen atoms in total. The summed E-state index contributed by atoms with van der Waals surface area (Å²) in [5.41, 5.74) is 3.50. The molecule has 2 aromatic heterocycles. The fourth-order valence-electron chi connectivity index (χ4n) is 3.08. The average Bonchev–Trinajstić information content (AvgIpc) is 3.43. The van der Waals surface area contributed by atoms with Crippen LogP contribution in [0.3, 0.4) is 0 Å². The zero-order chi connectivity index (χ0) is 21.5. The van der Waals surface area contributed by atoms with Gasteiger partial charge in [0.25, 0.3) is 0 Å². The lowest BCUT2D eigenvalue weighted by Crippen LogP contribution is -1.97. The second-order valence-electron chi connectivity index (χ2n) is 7.07. The van der Waals surface area contributed by atoms with Crippen molar-refractivity contribution in [2.24, 2.45) is 5.10 Å². The molecule has 0 aliphatic carbocycles. The third-order valence-corrected chi connectivity index (χ3v) is 5.02. The highest BCUT2D eigenvalue weighted by Crippen LogP contribution is 2.22. The van der Waals surface area contributed by atoms with E-state index in [2.05, 4.69) is 32.4 Å². The molecule has 0 radical (unpaired) electrons.